The van der Waals surface area contributed by atoms with E-state index in [0.29, 0.717) is 41.7 Å². The maximum atomic E-state index is 12.7. The quantitative estimate of drug-likeness (QED) is 0.219. The van der Waals surface area contributed by atoms with Crippen LogP contribution in [0.5, 0.6) is 0 Å². The number of thiocarbonyl (C=S) groups is 1. The Kier molecular flexibility index (Phi) is 7.89. The van der Waals surface area contributed by atoms with Crippen LogP contribution >= 0.6 is 12.2 Å². The number of non-ortho nitro benzene ring substituents is 1. The highest BCUT2D eigenvalue weighted by molar-refractivity contribution is 7.80. The lowest BCUT2D eigenvalue weighted by molar-refractivity contribution is -0.384. The normalized spacial score (nSPS) is 16.8. The fourth-order valence-corrected chi connectivity index (χ4v) is 3.38. The molecule has 152 valence electrons. The summed E-state index contributed by atoms with van der Waals surface area (Å²) in [7, 11) is 0. The molecule has 1 heterocycles. The number of esters is 1. The van der Waals surface area contributed by atoms with E-state index >= 15 is 0 Å². The largest absolute Gasteiger partial charge is 0.463 e. The molecule has 0 spiro atoms. The summed E-state index contributed by atoms with van der Waals surface area (Å²) in [5.74, 6) is -0.437. The van der Waals surface area contributed by atoms with E-state index in [1.54, 1.807) is 19.1 Å². The van der Waals surface area contributed by atoms with E-state index in [2.05, 4.69) is 5.32 Å². The van der Waals surface area contributed by atoms with Crippen LogP contribution in [0.15, 0.2) is 35.5 Å². The van der Waals surface area contributed by atoms with Gasteiger partial charge in [0.15, 0.2) is 5.11 Å². The first-order chi connectivity index (χ1) is 13.4. The Morgan fingerprint density at radius 3 is 2.54 bits per heavy atom. The zero-order valence-electron chi connectivity index (χ0n) is 16.3. The topological polar surface area (TPSA) is 93.9 Å². The number of nitro benzene ring substituents is 1. The predicted molar refractivity (Wildman–Crippen MR) is 109 cm³/mol. The Hall–Kier alpha value is -2.52. The van der Waals surface area contributed by atoms with Gasteiger partial charge in [-0.15, -0.1) is 0 Å². The van der Waals surface area contributed by atoms with Crippen LogP contribution in [-0.4, -0.2) is 47.3 Å². The maximum absolute atomic E-state index is 12.7. The molecule has 1 aliphatic rings. The summed E-state index contributed by atoms with van der Waals surface area (Å²) in [4.78, 5) is 25.0. The molecule has 0 radical (unpaired) electrons. The number of benzene rings is 1. The lowest BCUT2D eigenvalue weighted by Gasteiger charge is -2.37. The summed E-state index contributed by atoms with van der Waals surface area (Å²) in [5, 5.41) is 14.6. The predicted octanol–water partition coefficient (Wildman–Crippen LogP) is 3.09. The molecule has 28 heavy (non-hydrogen) atoms. The van der Waals surface area contributed by atoms with Crippen molar-refractivity contribution in [3.63, 3.8) is 0 Å². The van der Waals surface area contributed by atoms with Crippen molar-refractivity contribution in [3.8, 4) is 0 Å². The molecule has 0 unspecified atom stereocenters. The van der Waals surface area contributed by atoms with E-state index in [0.717, 1.165) is 6.42 Å². The van der Waals surface area contributed by atoms with Gasteiger partial charge in [0.25, 0.3) is 5.69 Å². The molecule has 2 rings (SSSR count). The Morgan fingerprint density at radius 2 is 1.96 bits per heavy atom. The van der Waals surface area contributed by atoms with Gasteiger partial charge < -0.3 is 19.7 Å². The zero-order chi connectivity index (χ0) is 20.7. The molecule has 0 saturated heterocycles. The van der Waals surface area contributed by atoms with Crippen LogP contribution in [0.2, 0.25) is 0 Å². The fourth-order valence-electron chi connectivity index (χ4n) is 3.03. The lowest BCUT2D eigenvalue weighted by Crippen LogP contribution is -2.48. The Morgan fingerprint density at radius 1 is 1.29 bits per heavy atom. The first-order valence-corrected chi connectivity index (χ1v) is 9.59. The summed E-state index contributed by atoms with van der Waals surface area (Å²) in [6.07, 6.45) is 0.755. The highest BCUT2D eigenvalue weighted by Gasteiger charge is 2.34. The van der Waals surface area contributed by atoms with E-state index in [1.807, 2.05) is 18.7 Å². The monoisotopic (exact) mass is 407 g/mol. The minimum absolute atomic E-state index is 0.0157. The number of hydrogen-bond acceptors (Lipinski definition) is 6. The van der Waals surface area contributed by atoms with Crippen molar-refractivity contribution in [2.75, 3.05) is 26.4 Å². The molecular weight excluding hydrogens is 382 g/mol. The van der Waals surface area contributed by atoms with E-state index in [1.165, 1.54) is 12.1 Å². The van der Waals surface area contributed by atoms with Crippen molar-refractivity contribution < 1.29 is 19.2 Å². The van der Waals surface area contributed by atoms with Gasteiger partial charge in [0.1, 0.15) is 0 Å². The molecule has 1 aromatic carbocycles. The van der Waals surface area contributed by atoms with Crippen molar-refractivity contribution in [3.05, 3.63) is 51.2 Å². The number of hydrogen-bond donors (Lipinski definition) is 1. The average molecular weight is 407 g/mol. The van der Waals surface area contributed by atoms with Crippen LogP contribution in [0.4, 0.5) is 5.69 Å². The third kappa shape index (κ3) is 5.05. The lowest BCUT2D eigenvalue weighted by atomic mass is 9.94. The summed E-state index contributed by atoms with van der Waals surface area (Å²) >= 11 is 5.51. The summed E-state index contributed by atoms with van der Waals surface area (Å²) in [5.41, 5.74) is 1.84. The summed E-state index contributed by atoms with van der Waals surface area (Å²) in [6, 6.07) is 5.53. The third-order valence-corrected chi connectivity index (χ3v) is 4.74. The second-order valence-electron chi connectivity index (χ2n) is 6.15. The average Bonchev–Trinajstić information content (AvgIpc) is 2.67. The first-order valence-electron chi connectivity index (χ1n) is 9.18. The Balaban J connectivity index is 2.36. The van der Waals surface area contributed by atoms with Gasteiger partial charge in [-0.3, -0.25) is 10.1 Å². The van der Waals surface area contributed by atoms with Crippen molar-refractivity contribution in [2.45, 2.75) is 33.2 Å². The molecule has 0 fully saturated rings. The Labute approximate surface area is 169 Å². The molecule has 1 atom stereocenters. The molecule has 0 bridgehead atoms. The highest BCUT2D eigenvalue weighted by atomic mass is 32.1. The molecule has 1 N–H and O–H groups in total. The molecular formula is C19H25N3O5S. The second-order valence-corrected chi connectivity index (χ2v) is 6.54. The van der Waals surface area contributed by atoms with Crippen molar-refractivity contribution in [1.29, 1.82) is 0 Å². The first kappa shape index (κ1) is 21.8. The van der Waals surface area contributed by atoms with Gasteiger partial charge in [-0.2, -0.15) is 0 Å². The van der Waals surface area contributed by atoms with Crippen LogP contribution in [0.1, 0.15) is 38.8 Å². The standard InChI is InChI=1S/C19H25N3O5S/c1-4-26-12-6-11-21-13(3)16(18(23)27-5-2)17(20-19(21)28)14-7-9-15(10-8-14)22(24)25/h7-10,17H,4-6,11-12H2,1-3H3,(H,20,28)/t17-/m0/s1. The van der Waals surface area contributed by atoms with Crippen molar-refractivity contribution >= 4 is 29.0 Å². The molecule has 0 amide bonds. The third-order valence-electron chi connectivity index (χ3n) is 4.40. The van der Waals surface area contributed by atoms with Gasteiger partial charge in [0.05, 0.1) is 23.1 Å². The van der Waals surface area contributed by atoms with Gasteiger partial charge >= 0.3 is 5.97 Å². The van der Waals surface area contributed by atoms with Crippen LogP contribution in [-0.2, 0) is 14.3 Å². The van der Waals surface area contributed by atoms with E-state index in [-0.39, 0.29) is 12.3 Å². The zero-order valence-corrected chi connectivity index (χ0v) is 17.1. The number of nitro groups is 1. The smallest absolute Gasteiger partial charge is 0.338 e. The van der Waals surface area contributed by atoms with E-state index in [9.17, 15) is 14.9 Å². The number of rotatable bonds is 9. The van der Waals surface area contributed by atoms with Crippen molar-refractivity contribution in [2.24, 2.45) is 0 Å². The number of ether oxygens (including phenoxy) is 2. The summed E-state index contributed by atoms with van der Waals surface area (Å²) < 4.78 is 10.6. The molecule has 8 nitrogen and oxygen atoms in total. The highest BCUT2D eigenvalue weighted by Crippen LogP contribution is 2.32. The molecule has 0 aliphatic carbocycles. The molecule has 0 saturated carbocycles. The summed E-state index contributed by atoms with van der Waals surface area (Å²) in [6.45, 7) is 7.61. The molecule has 9 heteroatoms. The van der Waals surface area contributed by atoms with Crippen LogP contribution < -0.4 is 5.32 Å². The molecule has 0 aromatic heterocycles. The SMILES string of the molecule is CCOCCCN1C(=S)N[C@@H](c2ccc([N+](=O)[O-])cc2)C(C(=O)OCC)=C1C. The number of nitrogens with one attached hydrogen (secondary N) is 1. The van der Waals surface area contributed by atoms with E-state index in [4.69, 9.17) is 21.7 Å². The number of carbonyl (C=O) groups excluding carboxylic acids is 1. The van der Waals surface area contributed by atoms with Gasteiger partial charge in [0.2, 0.25) is 0 Å². The number of allylic oxidation sites excluding steroid dienone is 1. The molecule has 1 aliphatic heterocycles. The van der Waals surface area contributed by atoms with Gasteiger partial charge in [-0.1, -0.05) is 0 Å². The second kappa shape index (κ2) is 10.1. The van der Waals surface area contributed by atoms with Gasteiger partial charge in [0, 0.05) is 37.6 Å². The number of carbonyl (C=O) groups is 1. The van der Waals surface area contributed by atoms with Gasteiger partial charge in [-0.25, -0.2) is 4.79 Å². The molecule has 1 aromatic rings. The van der Waals surface area contributed by atoms with Gasteiger partial charge in [-0.05, 0) is 57.1 Å². The number of nitrogens with zero attached hydrogens (tertiary/aromatic N) is 2. The Bertz CT molecular complexity index is 763. The fraction of sp³-hybridized carbons (Fsp3) is 0.474. The minimum atomic E-state index is -0.532. The van der Waals surface area contributed by atoms with Crippen LogP contribution in [0.25, 0.3) is 0 Å². The van der Waals surface area contributed by atoms with Crippen LogP contribution in [0.3, 0.4) is 0 Å². The van der Waals surface area contributed by atoms with Crippen molar-refractivity contribution in [1.82, 2.24) is 10.2 Å². The maximum Gasteiger partial charge on any atom is 0.338 e. The van der Waals surface area contributed by atoms with E-state index < -0.39 is 16.9 Å². The minimum Gasteiger partial charge on any atom is -0.463 e. The van der Waals surface area contributed by atoms with Crippen LogP contribution in [0, 0.1) is 10.1 Å².